The highest BCUT2D eigenvalue weighted by Gasteiger charge is 2.19. The molecule has 13 heteroatoms. The van der Waals surface area contributed by atoms with Crippen LogP contribution in [0.4, 0.5) is 4.39 Å². The lowest BCUT2D eigenvalue weighted by molar-refractivity contribution is 0.245. The van der Waals surface area contributed by atoms with Crippen LogP contribution in [0.15, 0.2) is 69.6 Å². The van der Waals surface area contributed by atoms with Gasteiger partial charge in [0, 0.05) is 69.8 Å². The first-order valence-corrected chi connectivity index (χ1v) is 22.7. The first kappa shape index (κ1) is 53.5. The Morgan fingerprint density at radius 2 is 1.20 bits per heavy atom. The second-order valence-corrected chi connectivity index (χ2v) is 23.1. The second kappa shape index (κ2) is 22.3. The van der Waals surface area contributed by atoms with E-state index in [9.17, 15) is 4.39 Å². The van der Waals surface area contributed by atoms with Gasteiger partial charge >= 0.3 is 0 Å². The molecule has 6 heterocycles. The number of aromatic nitrogens is 8. The zero-order valence-corrected chi connectivity index (χ0v) is 42.5. The van der Waals surface area contributed by atoms with E-state index in [1.54, 1.807) is 46.4 Å². The summed E-state index contributed by atoms with van der Waals surface area (Å²) in [6, 6.07) is 1.97. The number of rotatable bonds is 1. The van der Waals surface area contributed by atoms with Crippen LogP contribution in [-0.4, -0.2) is 39.7 Å². The first-order chi connectivity index (χ1) is 26.7. The third-order valence-electron chi connectivity index (χ3n) is 8.25. The van der Waals surface area contributed by atoms with Gasteiger partial charge in [0.05, 0.1) is 39.8 Å². The molecule has 0 spiro atoms. The van der Waals surface area contributed by atoms with Gasteiger partial charge in [0.2, 0.25) is 0 Å². The molecule has 0 saturated carbocycles. The quantitative estimate of drug-likeness (QED) is 0.162. The smallest absolute Gasteiger partial charge is 0.188 e. The molecule has 0 aromatic carbocycles. The van der Waals surface area contributed by atoms with Gasteiger partial charge in [0.1, 0.15) is 5.76 Å². The normalized spacial score (nSPS) is 12.5. The van der Waals surface area contributed by atoms with Gasteiger partial charge in [-0.3, -0.25) is 9.67 Å². The van der Waals surface area contributed by atoms with E-state index < -0.39 is 6.30 Å². The summed E-state index contributed by atoms with van der Waals surface area (Å²) in [6.07, 6.45) is 10.2. The Morgan fingerprint density at radius 3 is 1.42 bits per heavy atom. The van der Waals surface area contributed by atoms with Gasteiger partial charge in [-0.1, -0.05) is 130 Å². The van der Waals surface area contributed by atoms with Crippen LogP contribution in [0.1, 0.15) is 176 Å². The molecule has 9 nitrogen and oxygen atoms in total. The molecular formula is C46H75FN8OS3. The van der Waals surface area contributed by atoms with E-state index in [1.165, 1.54) is 32.7 Å². The highest BCUT2D eigenvalue weighted by Crippen LogP contribution is 2.26. The summed E-state index contributed by atoms with van der Waals surface area (Å²) in [5.74, 6) is 0.880. The fourth-order valence-corrected chi connectivity index (χ4v) is 6.43. The summed E-state index contributed by atoms with van der Waals surface area (Å²) in [5, 5.41) is 17.3. The first-order valence-electron chi connectivity index (χ1n) is 20.0. The average Bonchev–Trinajstić information content (AvgIpc) is 3.93. The van der Waals surface area contributed by atoms with E-state index in [0.29, 0.717) is 0 Å². The molecule has 0 amide bonds. The number of hydrogen-bond acceptors (Lipinski definition) is 10. The molecule has 0 radical (unpaired) electrons. The Kier molecular flexibility index (Phi) is 20.2. The highest BCUT2D eigenvalue weighted by atomic mass is 32.1. The van der Waals surface area contributed by atoms with Gasteiger partial charge in [-0.2, -0.15) is 10.2 Å². The minimum Gasteiger partial charge on any atom is -0.361 e. The lowest BCUT2D eigenvalue weighted by atomic mass is 9.90. The number of halogens is 1. The number of aryl methyl sites for hydroxylation is 2. The summed E-state index contributed by atoms with van der Waals surface area (Å²) >= 11 is 5.09. The van der Waals surface area contributed by atoms with Crippen molar-refractivity contribution in [1.29, 1.82) is 0 Å². The minimum atomic E-state index is -1.04. The van der Waals surface area contributed by atoms with E-state index in [-0.39, 0.29) is 32.5 Å². The molecule has 0 bridgehead atoms. The number of nitrogens with zero attached hydrogens (tertiary/aromatic N) is 8. The Labute approximate surface area is 368 Å². The minimum absolute atomic E-state index is 0.0488. The van der Waals surface area contributed by atoms with Gasteiger partial charge in [-0.25, -0.2) is 19.0 Å². The zero-order chi connectivity index (χ0) is 45.6. The molecule has 1 unspecified atom stereocenters. The molecule has 0 aliphatic carbocycles. The molecule has 0 aliphatic heterocycles. The Hall–Kier alpha value is -3.55. The SMILES string of the molecule is CC(C)(C)c1cncs1.CC(C)(C)c1cscn1.CC(C)(C)c1nccs1.CC(F)n1cc(C(C)(C)C)cn1.Cc1cc(C(C)(C)C)no1.Cn1cc(C(C)(C)C)cn1. The predicted molar refractivity (Wildman–Crippen MR) is 251 cm³/mol. The molecule has 0 saturated heterocycles. The summed E-state index contributed by atoms with van der Waals surface area (Å²) < 4.78 is 20.8. The molecule has 330 valence electrons. The molecule has 0 N–H and O–H groups in total. The van der Waals surface area contributed by atoms with Crippen molar-refractivity contribution >= 4 is 34.0 Å². The maximum atomic E-state index is 12.7. The maximum absolute atomic E-state index is 12.7. The van der Waals surface area contributed by atoms with Crippen LogP contribution in [0.25, 0.3) is 0 Å². The van der Waals surface area contributed by atoms with Crippen LogP contribution in [-0.2, 0) is 39.5 Å². The van der Waals surface area contributed by atoms with Crippen molar-refractivity contribution < 1.29 is 8.91 Å². The summed E-state index contributed by atoms with van der Waals surface area (Å²) in [4.78, 5) is 13.8. The van der Waals surface area contributed by atoms with Crippen LogP contribution in [0, 0.1) is 6.92 Å². The lowest BCUT2D eigenvalue weighted by Crippen LogP contribution is -2.10. The lowest BCUT2D eigenvalue weighted by Gasteiger charge is -2.15. The fraction of sp³-hybridized carbons (Fsp3) is 0.609. The standard InChI is InChI=1S/C9H15FN2.C8H14N2.C8H13NO.3C7H11NS/c1-7(10)12-6-8(5-11-12)9(2,3)4;1-8(2,3)7-5-9-10(4)6-7;1-6-5-7(9-10-6)8(2,3)4;1-7(2,3)6-4-9-5-8-6;1-7(2,3)6-4-8-5-9-6;1-7(2,3)6-8-4-5-9-6/h5-7H,1-4H3;5-6H,1-4H3;5H,1-4H3;3*4-5H,1-3H3. The van der Waals surface area contributed by atoms with Crippen LogP contribution in [0.3, 0.4) is 0 Å². The van der Waals surface area contributed by atoms with Crippen molar-refractivity contribution in [3.63, 3.8) is 0 Å². The fourth-order valence-electron chi connectivity index (χ4n) is 4.21. The monoisotopic (exact) mass is 871 g/mol. The highest BCUT2D eigenvalue weighted by molar-refractivity contribution is 7.10. The van der Waals surface area contributed by atoms with Crippen molar-refractivity contribution in [2.45, 2.75) is 177 Å². The van der Waals surface area contributed by atoms with Crippen LogP contribution >= 0.6 is 34.0 Å². The summed E-state index contributed by atoms with van der Waals surface area (Å²) in [6.45, 7) is 42.1. The Bertz CT molecular complexity index is 1810. The van der Waals surface area contributed by atoms with Gasteiger partial charge in [0.25, 0.3) is 0 Å². The van der Waals surface area contributed by atoms with Crippen molar-refractivity contribution in [3.05, 3.63) is 103 Å². The number of alkyl halides is 1. The van der Waals surface area contributed by atoms with Crippen molar-refractivity contribution in [2.24, 2.45) is 7.05 Å². The average molecular weight is 871 g/mol. The van der Waals surface area contributed by atoms with E-state index in [2.05, 4.69) is 167 Å². The van der Waals surface area contributed by atoms with Crippen LogP contribution in [0.5, 0.6) is 0 Å². The maximum Gasteiger partial charge on any atom is 0.188 e. The topological polar surface area (TPSA) is 100 Å². The van der Waals surface area contributed by atoms with Gasteiger partial charge in [-0.15, -0.1) is 34.0 Å². The zero-order valence-electron chi connectivity index (χ0n) is 40.0. The van der Waals surface area contributed by atoms with Crippen LogP contribution < -0.4 is 0 Å². The van der Waals surface area contributed by atoms with Crippen LogP contribution in [0.2, 0.25) is 0 Å². The third kappa shape index (κ3) is 21.0. The van der Waals surface area contributed by atoms with Gasteiger partial charge in [-0.05, 0) is 41.2 Å². The van der Waals surface area contributed by atoms with E-state index in [0.717, 1.165) is 17.0 Å². The molecule has 6 aromatic rings. The van der Waals surface area contributed by atoms with Crippen molar-refractivity contribution in [1.82, 2.24) is 39.7 Å². The van der Waals surface area contributed by atoms with E-state index >= 15 is 0 Å². The third-order valence-corrected chi connectivity index (χ3v) is 11.2. The molecular weight excluding hydrogens is 796 g/mol. The predicted octanol–water partition coefficient (Wildman–Crippen LogP) is 14.0. The Balaban J connectivity index is 0.000000355. The molecule has 1 atom stereocenters. The number of thiazole rings is 3. The number of hydrogen-bond donors (Lipinski definition) is 0. The molecule has 6 rings (SSSR count). The van der Waals surface area contributed by atoms with E-state index in [1.807, 2.05) is 59.7 Å². The summed E-state index contributed by atoms with van der Waals surface area (Å²) in [5.41, 5.74) is 9.43. The Morgan fingerprint density at radius 1 is 0.644 bits per heavy atom. The van der Waals surface area contributed by atoms with Gasteiger partial charge in [0.15, 0.2) is 6.30 Å². The molecule has 6 aromatic heterocycles. The second-order valence-electron chi connectivity index (χ2n) is 20.6. The van der Waals surface area contributed by atoms with Crippen molar-refractivity contribution in [3.8, 4) is 0 Å². The largest absolute Gasteiger partial charge is 0.361 e. The molecule has 0 aliphatic rings. The van der Waals surface area contributed by atoms with E-state index in [4.69, 9.17) is 4.52 Å². The summed E-state index contributed by atoms with van der Waals surface area (Å²) in [7, 11) is 1.94. The molecule has 0 fully saturated rings. The van der Waals surface area contributed by atoms with Crippen molar-refractivity contribution in [2.75, 3.05) is 0 Å². The molecule has 59 heavy (non-hydrogen) atoms. The van der Waals surface area contributed by atoms with Gasteiger partial charge < -0.3 is 4.52 Å².